The maximum absolute atomic E-state index is 14.1. The van der Waals surface area contributed by atoms with Gasteiger partial charge in [-0.1, -0.05) is 70.6 Å². The van der Waals surface area contributed by atoms with E-state index < -0.39 is 69.6 Å². The SMILES string of the molecule is CCOC(=O)c1ccc(NC(=O)Cn2c3c(sc2=O)[C@H](c2cccc(Cl)c2Cl)C2C(=O)N(c4ccccc4C(F)(F)F)C(=O)C2S3)cc1. The fourth-order valence-electron chi connectivity index (χ4n) is 5.75. The summed E-state index contributed by atoms with van der Waals surface area (Å²) in [4.78, 5) is 66.8. The smallest absolute Gasteiger partial charge is 0.418 e. The van der Waals surface area contributed by atoms with Crippen molar-refractivity contribution in [1.29, 1.82) is 0 Å². The number of halogens is 5. The Labute approximate surface area is 288 Å². The van der Waals surface area contributed by atoms with E-state index in [-0.39, 0.29) is 27.2 Å². The van der Waals surface area contributed by atoms with E-state index >= 15 is 0 Å². The van der Waals surface area contributed by atoms with Crippen LogP contribution in [0.1, 0.15) is 39.2 Å². The molecule has 1 aromatic heterocycles. The van der Waals surface area contributed by atoms with Gasteiger partial charge in [0, 0.05) is 16.5 Å². The number of carbonyl (C=O) groups is 4. The highest BCUT2D eigenvalue weighted by atomic mass is 35.5. The zero-order valence-corrected chi connectivity index (χ0v) is 27.7. The first kappa shape index (κ1) is 33.8. The minimum Gasteiger partial charge on any atom is -0.462 e. The Bertz CT molecular complexity index is 2030. The van der Waals surface area contributed by atoms with Gasteiger partial charge in [-0.2, -0.15) is 13.2 Å². The highest BCUT2D eigenvalue weighted by Gasteiger charge is 2.58. The molecule has 0 spiro atoms. The van der Waals surface area contributed by atoms with E-state index in [1.54, 1.807) is 19.1 Å². The topological polar surface area (TPSA) is 115 Å². The minimum atomic E-state index is -4.86. The van der Waals surface area contributed by atoms with E-state index in [2.05, 4.69) is 5.32 Å². The summed E-state index contributed by atoms with van der Waals surface area (Å²) in [6, 6.07) is 14.8. The van der Waals surface area contributed by atoms with Gasteiger partial charge in [0.2, 0.25) is 17.7 Å². The minimum absolute atomic E-state index is 0.0477. The number of alkyl halides is 3. The molecule has 1 saturated heterocycles. The Balaban J connectivity index is 1.39. The molecule has 1 N–H and O–H groups in total. The molecule has 4 aromatic rings. The van der Waals surface area contributed by atoms with Crippen molar-refractivity contribution in [3.05, 3.63) is 108 Å². The highest BCUT2D eigenvalue weighted by Crippen LogP contribution is 2.56. The molecule has 3 heterocycles. The molecule has 1 fully saturated rings. The van der Waals surface area contributed by atoms with Gasteiger partial charge in [-0.25, -0.2) is 9.69 Å². The number of nitrogens with zero attached hydrogens (tertiary/aromatic N) is 2. The van der Waals surface area contributed by atoms with Crippen LogP contribution in [0.2, 0.25) is 10.0 Å². The van der Waals surface area contributed by atoms with Crippen molar-refractivity contribution in [2.24, 2.45) is 5.92 Å². The van der Waals surface area contributed by atoms with Gasteiger partial charge >= 0.3 is 17.0 Å². The van der Waals surface area contributed by atoms with Crippen LogP contribution in [0.15, 0.2) is 76.6 Å². The lowest BCUT2D eigenvalue weighted by Gasteiger charge is -2.31. The predicted molar refractivity (Wildman–Crippen MR) is 175 cm³/mol. The van der Waals surface area contributed by atoms with Crippen LogP contribution in [0.4, 0.5) is 24.5 Å². The summed E-state index contributed by atoms with van der Waals surface area (Å²) in [5, 5.41) is 1.77. The summed E-state index contributed by atoms with van der Waals surface area (Å²) in [6.07, 6.45) is -4.86. The number of imide groups is 1. The third-order valence-electron chi connectivity index (χ3n) is 7.80. The number of thiazole rings is 1. The predicted octanol–water partition coefficient (Wildman–Crippen LogP) is 6.85. The maximum Gasteiger partial charge on any atom is 0.418 e. The van der Waals surface area contributed by atoms with Gasteiger partial charge in [0.05, 0.1) is 44.4 Å². The number of nitrogens with one attached hydrogen (secondary N) is 1. The van der Waals surface area contributed by atoms with Crippen molar-refractivity contribution in [3.63, 3.8) is 0 Å². The number of anilines is 2. The first-order chi connectivity index (χ1) is 22.8. The number of fused-ring (bicyclic) bond motifs is 2. The molecule has 3 amide bonds. The highest BCUT2D eigenvalue weighted by molar-refractivity contribution is 8.00. The average Bonchev–Trinajstić information content (AvgIpc) is 3.48. The molecule has 9 nitrogen and oxygen atoms in total. The fourth-order valence-corrected chi connectivity index (χ4v) is 8.93. The number of hydrogen-bond donors (Lipinski definition) is 1. The van der Waals surface area contributed by atoms with Crippen molar-refractivity contribution < 1.29 is 37.1 Å². The van der Waals surface area contributed by atoms with Crippen LogP contribution in [0, 0.1) is 5.92 Å². The number of thioether (sulfide) groups is 1. The second-order valence-corrected chi connectivity index (χ2v) is 13.6. The second kappa shape index (κ2) is 13.1. The van der Waals surface area contributed by atoms with Crippen molar-refractivity contribution in [2.75, 3.05) is 16.8 Å². The normalized spacial score (nSPS) is 18.8. The van der Waals surface area contributed by atoms with E-state index in [0.29, 0.717) is 21.0 Å². The van der Waals surface area contributed by atoms with Crippen LogP contribution in [0.25, 0.3) is 0 Å². The molecule has 0 saturated carbocycles. The van der Waals surface area contributed by atoms with Crippen LogP contribution < -0.4 is 15.1 Å². The van der Waals surface area contributed by atoms with E-state index in [0.717, 1.165) is 45.9 Å². The lowest BCUT2D eigenvalue weighted by molar-refractivity contribution is -0.137. The monoisotopic (exact) mass is 735 g/mol. The largest absolute Gasteiger partial charge is 0.462 e. The summed E-state index contributed by atoms with van der Waals surface area (Å²) >= 11 is 14.5. The lowest BCUT2D eigenvalue weighted by Crippen LogP contribution is -2.33. The number of carbonyl (C=O) groups excluding carboxylic acids is 4. The van der Waals surface area contributed by atoms with Crippen LogP contribution >= 0.6 is 46.3 Å². The van der Waals surface area contributed by atoms with Crippen LogP contribution in [0.5, 0.6) is 0 Å². The van der Waals surface area contributed by atoms with E-state index in [1.807, 2.05) is 0 Å². The average molecular weight is 737 g/mol. The van der Waals surface area contributed by atoms with Crippen molar-refractivity contribution in [3.8, 4) is 0 Å². The molecule has 16 heteroatoms. The molecular weight excluding hydrogens is 714 g/mol. The molecule has 0 radical (unpaired) electrons. The Kier molecular flexibility index (Phi) is 9.20. The van der Waals surface area contributed by atoms with Gasteiger partial charge in [0.1, 0.15) is 11.8 Å². The Morgan fingerprint density at radius 3 is 2.35 bits per heavy atom. The summed E-state index contributed by atoms with van der Waals surface area (Å²) in [7, 11) is 0. The van der Waals surface area contributed by atoms with Crippen LogP contribution in [-0.2, 0) is 31.8 Å². The van der Waals surface area contributed by atoms with Gasteiger partial charge in [-0.05, 0) is 55.0 Å². The molecule has 3 aromatic carbocycles. The van der Waals surface area contributed by atoms with E-state index in [4.69, 9.17) is 27.9 Å². The van der Waals surface area contributed by atoms with Crippen molar-refractivity contribution >= 4 is 81.4 Å². The molecule has 48 heavy (non-hydrogen) atoms. The number of para-hydroxylation sites is 1. The summed E-state index contributed by atoms with van der Waals surface area (Å²) in [6.45, 7) is 1.37. The van der Waals surface area contributed by atoms with Gasteiger partial charge in [-0.15, -0.1) is 0 Å². The first-order valence-corrected chi connectivity index (χ1v) is 16.7. The van der Waals surface area contributed by atoms with Gasteiger partial charge in [-0.3, -0.25) is 23.7 Å². The molecule has 2 aliphatic rings. The molecular formula is C32H22Cl2F3N3O6S2. The molecule has 0 aliphatic carbocycles. The standard InChI is InChI=1S/C32H22Cl2F3N3O6S2/c1-2-46-30(44)15-10-12-16(13-11-15)38-21(41)14-39-29-26(48-31(39)45)22(17-6-5-8-19(33)24(17)34)23-25(47-29)28(43)40(27(23)42)20-9-4-3-7-18(20)32(35,36)37/h3-13,22-23,25H,2,14H2,1H3,(H,38,41)/t22-,23?,25?/m1/s1. The molecule has 2 unspecified atom stereocenters. The van der Waals surface area contributed by atoms with Gasteiger partial charge < -0.3 is 10.1 Å². The fraction of sp³-hybridized carbons (Fsp3) is 0.219. The summed E-state index contributed by atoms with van der Waals surface area (Å²) in [5.74, 6) is -5.23. The van der Waals surface area contributed by atoms with E-state index in [1.165, 1.54) is 36.4 Å². The number of hydrogen-bond acceptors (Lipinski definition) is 8. The van der Waals surface area contributed by atoms with Gasteiger partial charge in [0.15, 0.2) is 0 Å². The van der Waals surface area contributed by atoms with Crippen molar-refractivity contribution in [1.82, 2.24) is 4.57 Å². The maximum atomic E-state index is 14.1. The Morgan fingerprint density at radius 1 is 0.958 bits per heavy atom. The van der Waals surface area contributed by atoms with Crippen LogP contribution in [-0.4, -0.2) is 40.1 Å². The number of amides is 3. The lowest BCUT2D eigenvalue weighted by atomic mass is 9.83. The molecule has 0 bridgehead atoms. The first-order valence-electron chi connectivity index (χ1n) is 14.3. The van der Waals surface area contributed by atoms with E-state index in [9.17, 15) is 37.1 Å². The van der Waals surface area contributed by atoms with Gasteiger partial charge in [0.25, 0.3) is 0 Å². The third kappa shape index (κ3) is 6.02. The van der Waals surface area contributed by atoms with Crippen molar-refractivity contribution in [2.45, 2.75) is 35.8 Å². The number of benzene rings is 3. The molecule has 6 rings (SSSR count). The zero-order chi connectivity index (χ0) is 34.5. The number of ether oxygens (including phenoxy) is 1. The number of rotatable bonds is 7. The van der Waals surface area contributed by atoms with Crippen LogP contribution in [0.3, 0.4) is 0 Å². The molecule has 2 aliphatic heterocycles. The summed E-state index contributed by atoms with van der Waals surface area (Å²) < 4.78 is 48.1. The second-order valence-electron chi connectivity index (χ2n) is 10.7. The Morgan fingerprint density at radius 2 is 1.67 bits per heavy atom. The Hall–Kier alpha value is -4.11. The molecule has 248 valence electrons. The molecule has 3 atom stereocenters. The zero-order valence-electron chi connectivity index (χ0n) is 24.5. The third-order valence-corrected chi connectivity index (χ3v) is 11.2. The summed E-state index contributed by atoms with van der Waals surface area (Å²) in [5.41, 5.74) is -0.868. The number of esters is 1. The quantitative estimate of drug-likeness (QED) is 0.163. The number of aromatic nitrogens is 1.